The largest absolute Gasteiger partial charge is 0.444 e. The Morgan fingerprint density at radius 2 is 2.00 bits per heavy atom. The maximum absolute atomic E-state index is 11.9. The van der Waals surface area contributed by atoms with Crippen LogP contribution in [0.15, 0.2) is 0 Å². The molecular weight excluding hydrogens is 266 g/mol. The molecular formula is C16H33N3O2. The maximum atomic E-state index is 11.9. The van der Waals surface area contributed by atoms with Crippen molar-refractivity contribution in [2.45, 2.75) is 84.0 Å². The van der Waals surface area contributed by atoms with E-state index in [2.05, 4.69) is 24.5 Å². The molecule has 3 atom stereocenters. The fraction of sp³-hybridized carbons (Fsp3) is 0.938. The Hall–Kier alpha value is -0.810. The number of nitrogens with one attached hydrogen (secondary N) is 2. The summed E-state index contributed by atoms with van der Waals surface area (Å²) in [4.78, 5) is 11.9. The van der Waals surface area contributed by atoms with E-state index in [1.165, 1.54) is 12.8 Å². The molecule has 0 aromatic heterocycles. The second-order valence-electron chi connectivity index (χ2n) is 7.53. The van der Waals surface area contributed by atoms with Crippen LogP contribution < -0.4 is 16.4 Å². The molecule has 1 saturated carbocycles. The van der Waals surface area contributed by atoms with Crippen LogP contribution in [-0.4, -0.2) is 36.4 Å². The van der Waals surface area contributed by atoms with Gasteiger partial charge in [-0.05, 0) is 46.0 Å². The lowest BCUT2D eigenvalue weighted by molar-refractivity contribution is 0.0488. The van der Waals surface area contributed by atoms with Gasteiger partial charge in [-0.1, -0.05) is 20.3 Å². The minimum absolute atomic E-state index is 0.0676. The quantitative estimate of drug-likeness (QED) is 0.728. The fourth-order valence-corrected chi connectivity index (χ4v) is 2.62. The Labute approximate surface area is 129 Å². The molecule has 0 spiro atoms. The Morgan fingerprint density at radius 1 is 1.33 bits per heavy atom. The van der Waals surface area contributed by atoms with Crippen molar-refractivity contribution in [1.29, 1.82) is 0 Å². The number of alkyl carbamates (subject to hydrolysis) is 1. The predicted molar refractivity (Wildman–Crippen MR) is 86.2 cm³/mol. The van der Waals surface area contributed by atoms with E-state index < -0.39 is 5.60 Å². The van der Waals surface area contributed by atoms with E-state index in [-0.39, 0.29) is 12.1 Å². The zero-order valence-electron chi connectivity index (χ0n) is 14.2. The van der Waals surface area contributed by atoms with Gasteiger partial charge < -0.3 is 21.1 Å². The lowest BCUT2D eigenvalue weighted by atomic mass is 9.91. The Balaban J connectivity index is 2.41. The van der Waals surface area contributed by atoms with Gasteiger partial charge in [0.15, 0.2) is 0 Å². The number of carbonyl (C=O) groups excluding carboxylic acids is 1. The highest BCUT2D eigenvalue weighted by molar-refractivity contribution is 5.68. The highest BCUT2D eigenvalue weighted by atomic mass is 16.6. The van der Waals surface area contributed by atoms with E-state index in [4.69, 9.17) is 10.5 Å². The Bertz CT molecular complexity index is 326. The van der Waals surface area contributed by atoms with Gasteiger partial charge in [-0.15, -0.1) is 0 Å². The standard InChI is InChI=1S/C16H33N3O2/c1-11(2)14(19-15(20)21-16(3,4)5)10-18-13-8-6-7-12(17)9-13/h11-14,18H,6-10,17H2,1-5H3,(H,19,20). The summed E-state index contributed by atoms with van der Waals surface area (Å²) >= 11 is 0. The number of rotatable bonds is 5. The molecule has 5 heteroatoms. The third kappa shape index (κ3) is 7.67. The van der Waals surface area contributed by atoms with Gasteiger partial charge in [0.1, 0.15) is 5.60 Å². The third-order valence-corrected chi connectivity index (χ3v) is 3.85. The topological polar surface area (TPSA) is 76.4 Å². The Kier molecular flexibility index (Phi) is 6.94. The van der Waals surface area contributed by atoms with Crippen molar-refractivity contribution in [2.24, 2.45) is 11.7 Å². The number of carbonyl (C=O) groups is 1. The van der Waals surface area contributed by atoms with E-state index >= 15 is 0 Å². The van der Waals surface area contributed by atoms with Crippen molar-refractivity contribution in [3.63, 3.8) is 0 Å². The van der Waals surface area contributed by atoms with Crippen molar-refractivity contribution in [3.05, 3.63) is 0 Å². The summed E-state index contributed by atoms with van der Waals surface area (Å²) < 4.78 is 5.33. The van der Waals surface area contributed by atoms with E-state index in [9.17, 15) is 4.79 Å². The van der Waals surface area contributed by atoms with E-state index in [1.807, 2.05) is 20.8 Å². The summed E-state index contributed by atoms with van der Waals surface area (Å²) in [6.45, 7) is 10.6. The number of amides is 1. The maximum Gasteiger partial charge on any atom is 0.407 e. The van der Waals surface area contributed by atoms with Crippen molar-refractivity contribution in [3.8, 4) is 0 Å². The minimum Gasteiger partial charge on any atom is -0.444 e. The number of hydrogen-bond acceptors (Lipinski definition) is 4. The molecule has 1 aliphatic carbocycles. The molecule has 124 valence electrons. The van der Waals surface area contributed by atoms with Crippen molar-refractivity contribution in [1.82, 2.24) is 10.6 Å². The van der Waals surface area contributed by atoms with E-state index in [1.54, 1.807) is 0 Å². The molecule has 1 amide bonds. The van der Waals surface area contributed by atoms with Crippen LogP contribution in [0.2, 0.25) is 0 Å². The molecule has 0 saturated heterocycles. The molecule has 3 unspecified atom stereocenters. The van der Waals surface area contributed by atoms with Gasteiger partial charge in [-0.2, -0.15) is 0 Å². The smallest absolute Gasteiger partial charge is 0.407 e. The molecule has 1 aliphatic rings. The van der Waals surface area contributed by atoms with E-state index in [0.29, 0.717) is 18.0 Å². The highest BCUT2D eigenvalue weighted by Gasteiger charge is 2.24. The zero-order valence-corrected chi connectivity index (χ0v) is 14.2. The molecule has 0 heterocycles. The molecule has 0 aromatic rings. The Morgan fingerprint density at radius 3 is 2.52 bits per heavy atom. The summed E-state index contributed by atoms with van der Waals surface area (Å²) in [7, 11) is 0. The molecule has 0 radical (unpaired) electrons. The first-order chi connectivity index (χ1) is 9.67. The first kappa shape index (κ1) is 18.2. The molecule has 0 aromatic carbocycles. The monoisotopic (exact) mass is 299 g/mol. The first-order valence-corrected chi connectivity index (χ1v) is 8.16. The second-order valence-corrected chi connectivity index (χ2v) is 7.53. The average Bonchev–Trinajstić information content (AvgIpc) is 2.32. The average molecular weight is 299 g/mol. The predicted octanol–water partition coefficient (Wildman–Crippen LogP) is 2.40. The molecule has 1 fully saturated rings. The minimum atomic E-state index is -0.463. The van der Waals surface area contributed by atoms with Crippen LogP contribution in [0, 0.1) is 5.92 Å². The van der Waals surface area contributed by atoms with Crippen LogP contribution in [-0.2, 0) is 4.74 Å². The lowest BCUT2D eigenvalue weighted by Gasteiger charge is -2.31. The third-order valence-electron chi connectivity index (χ3n) is 3.85. The molecule has 4 N–H and O–H groups in total. The van der Waals surface area contributed by atoms with Crippen molar-refractivity contribution < 1.29 is 9.53 Å². The van der Waals surface area contributed by atoms with Crippen LogP contribution in [0.1, 0.15) is 60.3 Å². The van der Waals surface area contributed by atoms with Crippen LogP contribution in [0.5, 0.6) is 0 Å². The van der Waals surface area contributed by atoms with E-state index in [0.717, 1.165) is 19.4 Å². The highest BCUT2D eigenvalue weighted by Crippen LogP contribution is 2.17. The summed E-state index contributed by atoms with van der Waals surface area (Å²) in [6, 6.07) is 0.848. The zero-order chi connectivity index (χ0) is 16.0. The summed E-state index contributed by atoms with van der Waals surface area (Å²) in [5.41, 5.74) is 5.55. The summed E-state index contributed by atoms with van der Waals surface area (Å²) in [6.07, 6.45) is 4.16. The second kappa shape index (κ2) is 7.99. The fourth-order valence-electron chi connectivity index (χ4n) is 2.62. The summed E-state index contributed by atoms with van der Waals surface area (Å²) in [5, 5.41) is 6.52. The van der Waals surface area contributed by atoms with Crippen LogP contribution in [0.3, 0.4) is 0 Å². The van der Waals surface area contributed by atoms with Crippen LogP contribution in [0.4, 0.5) is 4.79 Å². The number of nitrogens with two attached hydrogens (primary N) is 1. The molecule has 21 heavy (non-hydrogen) atoms. The van der Waals surface area contributed by atoms with Crippen LogP contribution in [0.25, 0.3) is 0 Å². The van der Waals surface area contributed by atoms with Gasteiger partial charge in [-0.3, -0.25) is 0 Å². The van der Waals surface area contributed by atoms with Crippen molar-refractivity contribution in [2.75, 3.05) is 6.54 Å². The van der Waals surface area contributed by atoms with Gasteiger partial charge >= 0.3 is 6.09 Å². The lowest BCUT2D eigenvalue weighted by Crippen LogP contribution is -2.50. The van der Waals surface area contributed by atoms with Gasteiger partial charge in [0.25, 0.3) is 0 Å². The molecule has 5 nitrogen and oxygen atoms in total. The first-order valence-electron chi connectivity index (χ1n) is 8.16. The van der Waals surface area contributed by atoms with Gasteiger partial charge in [0, 0.05) is 24.7 Å². The van der Waals surface area contributed by atoms with Gasteiger partial charge in [-0.25, -0.2) is 4.79 Å². The number of hydrogen-bond donors (Lipinski definition) is 3. The SMILES string of the molecule is CC(C)C(CNC1CCCC(N)C1)NC(=O)OC(C)(C)C. The normalized spacial score (nSPS) is 24.7. The summed E-state index contributed by atoms with van der Waals surface area (Å²) in [5.74, 6) is 0.349. The van der Waals surface area contributed by atoms with Crippen LogP contribution >= 0.6 is 0 Å². The van der Waals surface area contributed by atoms with Gasteiger partial charge in [0.2, 0.25) is 0 Å². The molecule has 0 bridgehead atoms. The number of ether oxygens (including phenoxy) is 1. The van der Waals surface area contributed by atoms with Crippen molar-refractivity contribution >= 4 is 6.09 Å². The van der Waals surface area contributed by atoms with Gasteiger partial charge in [0.05, 0.1) is 0 Å². The molecule has 0 aliphatic heterocycles. The molecule has 1 rings (SSSR count).